The molecule has 0 fully saturated rings. The van der Waals surface area contributed by atoms with Crippen LogP contribution >= 0.6 is 11.8 Å². The third kappa shape index (κ3) is 2.53. The van der Waals surface area contributed by atoms with E-state index in [1.54, 1.807) is 26.0 Å². The van der Waals surface area contributed by atoms with Gasteiger partial charge in [0.05, 0.1) is 14.2 Å². The summed E-state index contributed by atoms with van der Waals surface area (Å²) in [4.78, 5) is 1.15. The highest BCUT2D eigenvalue weighted by molar-refractivity contribution is 7.98. The van der Waals surface area contributed by atoms with Crippen molar-refractivity contribution in [1.82, 2.24) is 0 Å². The van der Waals surface area contributed by atoms with Crippen LogP contribution in [0.15, 0.2) is 23.6 Å². The molecule has 0 atom stereocenters. The maximum Gasteiger partial charge on any atom is 0.133 e. The van der Waals surface area contributed by atoms with Crippen LogP contribution in [0.5, 0.6) is 5.75 Å². The Morgan fingerprint density at radius 1 is 1.38 bits per heavy atom. The number of hydrogen-bond acceptors (Lipinski definition) is 3. The van der Waals surface area contributed by atoms with Crippen LogP contribution in [0.1, 0.15) is 18.1 Å². The summed E-state index contributed by atoms with van der Waals surface area (Å²) >= 11 is 1.68. The summed E-state index contributed by atoms with van der Waals surface area (Å²) in [5.41, 5.74) is 2.26. The molecule has 3 heteroatoms. The Labute approximate surface area is 102 Å². The fourth-order valence-electron chi connectivity index (χ4n) is 1.58. The van der Waals surface area contributed by atoms with Crippen LogP contribution in [0.3, 0.4) is 0 Å². The summed E-state index contributed by atoms with van der Waals surface area (Å²) < 4.78 is 10.5. The van der Waals surface area contributed by atoms with Crippen molar-refractivity contribution in [3.8, 4) is 5.75 Å². The second kappa shape index (κ2) is 5.85. The van der Waals surface area contributed by atoms with Gasteiger partial charge in [0.25, 0.3) is 0 Å². The van der Waals surface area contributed by atoms with Crippen molar-refractivity contribution in [2.24, 2.45) is 0 Å². The molecule has 0 spiro atoms. The fourth-order valence-corrected chi connectivity index (χ4v) is 2.19. The van der Waals surface area contributed by atoms with Crippen LogP contribution in [0.4, 0.5) is 0 Å². The molecule has 0 amide bonds. The van der Waals surface area contributed by atoms with Gasteiger partial charge in [-0.15, -0.1) is 11.8 Å². The zero-order chi connectivity index (χ0) is 12.1. The van der Waals surface area contributed by atoms with E-state index < -0.39 is 0 Å². The summed E-state index contributed by atoms with van der Waals surface area (Å²) in [6.07, 6.45) is 3.00. The third-order valence-electron chi connectivity index (χ3n) is 2.54. The first-order valence-electron chi connectivity index (χ1n) is 5.16. The minimum atomic E-state index is 0.683. The number of benzene rings is 1. The van der Waals surface area contributed by atoms with Gasteiger partial charge in [-0.2, -0.15) is 0 Å². The molecule has 88 valence electrons. The Morgan fingerprint density at radius 2 is 2.06 bits per heavy atom. The zero-order valence-electron chi connectivity index (χ0n) is 10.3. The van der Waals surface area contributed by atoms with Crippen molar-refractivity contribution in [2.45, 2.75) is 18.2 Å². The lowest BCUT2D eigenvalue weighted by Gasteiger charge is -2.14. The van der Waals surface area contributed by atoms with Gasteiger partial charge in [0.2, 0.25) is 0 Å². The molecule has 1 aromatic rings. The fraction of sp³-hybridized carbons (Fsp3) is 0.385. The molecular weight excluding hydrogens is 220 g/mol. The molecule has 1 rings (SSSR count). The van der Waals surface area contributed by atoms with Crippen LogP contribution in [0.25, 0.3) is 5.76 Å². The monoisotopic (exact) mass is 238 g/mol. The predicted molar refractivity (Wildman–Crippen MR) is 70.2 cm³/mol. The molecule has 0 radical (unpaired) electrons. The average molecular weight is 238 g/mol. The molecule has 0 aliphatic heterocycles. The van der Waals surface area contributed by atoms with Gasteiger partial charge in [0, 0.05) is 10.5 Å². The molecule has 0 bridgehead atoms. The van der Waals surface area contributed by atoms with Gasteiger partial charge in [-0.1, -0.05) is 13.5 Å². The van der Waals surface area contributed by atoms with E-state index in [0.29, 0.717) is 5.76 Å². The molecule has 0 aliphatic rings. The van der Waals surface area contributed by atoms with E-state index in [4.69, 9.17) is 9.47 Å². The van der Waals surface area contributed by atoms with Crippen molar-refractivity contribution in [3.05, 3.63) is 29.8 Å². The lowest BCUT2D eigenvalue weighted by atomic mass is 10.0. The minimum Gasteiger partial charge on any atom is -0.497 e. The average Bonchev–Trinajstić information content (AvgIpc) is 2.35. The maximum atomic E-state index is 5.35. The molecule has 0 heterocycles. The standard InChI is InChI=1S/C13H18O2S/c1-6-10-7-13(16-5)12(15-4)8-11(10)9(2)14-3/h7-8H,2,6H2,1,3-5H3. The summed E-state index contributed by atoms with van der Waals surface area (Å²) in [7, 11) is 3.32. The molecule has 0 aliphatic carbocycles. The second-order valence-corrected chi connectivity index (χ2v) is 4.19. The largest absolute Gasteiger partial charge is 0.497 e. The van der Waals surface area contributed by atoms with Crippen LogP contribution in [0.2, 0.25) is 0 Å². The number of methoxy groups -OCH3 is 2. The first-order chi connectivity index (χ1) is 7.67. The van der Waals surface area contributed by atoms with E-state index in [1.165, 1.54) is 5.56 Å². The Balaban J connectivity index is 3.31. The first kappa shape index (κ1) is 13.0. The highest BCUT2D eigenvalue weighted by Crippen LogP contribution is 2.33. The van der Waals surface area contributed by atoms with E-state index in [0.717, 1.165) is 22.6 Å². The lowest BCUT2D eigenvalue weighted by molar-refractivity contribution is 0.369. The molecule has 0 saturated carbocycles. The number of hydrogen-bond donors (Lipinski definition) is 0. The molecule has 2 nitrogen and oxygen atoms in total. The Morgan fingerprint density at radius 3 is 2.50 bits per heavy atom. The summed E-state index contributed by atoms with van der Waals surface area (Å²) in [6, 6.07) is 4.14. The molecule has 1 aromatic carbocycles. The SMILES string of the molecule is C=C(OC)c1cc(OC)c(SC)cc1CC. The highest BCUT2D eigenvalue weighted by Gasteiger charge is 2.11. The number of rotatable bonds is 5. The molecule has 0 N–H and O–H groups in total. The van der Waals surface area contributed by atoms with Gasteiger partial charge in [0.15, 0.2) is 0 Å². The maximum absolute atomic E-state index is 5.35. The molecule has 0 aromatic heterocycles. The van der Waals surface area contributed by atoms with Gasteiger partial charge >= 0.3 is 0 Å². The van der Waals surface area contributed by atoms with E-state index in [2.05, 4.69) is 19.6 Å². The number of aryl methyl sites for hydroxylation is 1. The van der Waals surface area contributed by atoms with Crippen LogP contribution in [-0.2, 0) is 11.2 Å². The van der Waals surface area contributed by atoms with Gasteiger partial charge in [0.1, 0.15) is 11.5 Å². The van der Waals surface area contributed by atoms with E-state index in [-0.39, 0.29) is 0 Å². The second-order valence-electron chi connectivity index (χ2n) is 3.35. The zero-order valence-corrected chi connectivity index (χ0v) is 11.1. The Hall–Kier alpha value is -1.09. The highest BCUT2D eigenvalue weighted by atomic mass is 32.2. The smallest absolute Gasteiger partial charge is 0.133 e. The van der Waals surface area contributed by atoms with E-state index >= 15 is 0 Å². The van der Waals surface area contributed by atoms with Crippen LogP contribution < -0.4 is 4.74 Å². The van der Waals surface area contributed by atoms with Gasteiger partial charge < -0.3 is 9.47 Å². The minimum absolute atomic E-state index is 0.683. The van der Waals surface area contributed by atoms with E-state index in [1.807, 2.05) is 12.3 Å². The summed E-state index contributed by atoms with van der Waals surface area (Å²) in [6.45, 7) is 6.02. The lowest BCUT2D eigenvalue weighted by Crippen LogP contribution is -1.97. The van der Waals surface area contributed by atoms with Crippen molar-refractivity contribution >= 4 is 17.5 Å². The van der Waals surface area contributed by atoms with Gasteiger partial charge in [-0.25, -0.2) is 0 Å². The van der Waals surface area contributed by atoms with Crippen molar-refractivity contribution in [2.75, 3.05) is 20.5 Å². The van der Waals surface area contributed by atoms with Crippen LogP contribution in [0, 0.1) is 0 Å². The normalized spacial score (nSPS) is 10.0. The van der Waals surface area contributed by atoms with E-state index in [9.17, 15) is 0 Å². The molecule has 0 saturated heterocycles. The molecule has 0 unspecified atom stereocenters. The molecular formula is C13H18O2S. The number of thioether (sulfide) groups is 1. The number of ether oxygens (including phenoxy) is 2. The Bertz CT molecular complexity index is 386. The van der Waals surface area contributed by atoms with Gasteiger partial charge in [-0.3, -0.25) is 0 Å². The summed E-state index contributed by atoms with van der Waals surface area (Å²) in [5.74, 6) is 1.56. The topological polar surface area (TPSA) is 18.5 Å². The van der Waals surface area contributed by atoms with Crippen molar-refractivity contribution in [1.29, 1.82) is 0 Å². The quantitative estimate of drug-likeness (QED) is 0.577. The predicted octanol–water partition coefficient (Wildman–Crippen LogP) is 3.60. The van der Waals surface area contributed by atoms with Crippen LogP contribution in [-0.4, -0.2) is 20.5 Å². The third-order valence-corrected chi connectivity index (χ3v) is 3.30. The van der Waals surface area contributed by atoms with Crippen molar-refractivity contribution in [3.63, 3.8) is 0 Å². The summed E-state index contributed by atoms with van der Waals surface area (Å²) in [5, 5.41) is 0. The Kier molecular flexibility index (Phi) is 4.74. The molecule has 16 heavy (non-hydrogen) atoms. The first-order valence-corrected chi connectivity index (χ1v) is 6.38. The van der Waals surface area contributed by atoms with Crippen molar-refractivity contribution < 1.29 is 9.47 Å². The van der Waals surface area contributed by atoms with Gasteiger partial charge in [-0.05, 0) is 30.4 Å².